The lowest BCUT2D eigenvalue weighted by Gasteiger charge is -2.46. The van der Waals surface area contributed by atoms with Gasteiger partial charge in [-0.25, -0.2) is 4.18 Å². The fraction of sp³-hybridized carbons (Fsp3) is 0.929. The van der Waals surface area contributed by atoms with Gasteiger partial charge in [-0.1, -0.05) is 0 Å². The molecule has 0 bridgehead atoms. The average Bonchev–Trinajstić information content (AvgIpc) is 2.64. The van der Waals surface area contributed by atoms with Gasteiger partial charge >= 0.3 is 10.4 Å². The second-order valence-corrected chi connectivity index (χ2v) is 7.81. The number of rotatable bonds is 7. The SMILES string of the molecule is CC(=O)N[C@H]1C(O)O[C@H](CO)[C@@H](O)[C@@H]1O[C@@H]1O[C@H](CO)[C@H](O)[C@H](OS(=O)(=O)O)[C@H]1O. The summed E-state index contributed by atoms with van der Waals surface area (Å²) in [5.74, 6) is -0.660. The molecule has 30 heavy (non-hydrogen) atoms. The molecule has 2 fully saturated rings. The Morgan fingerprint density at radius 1 is 0.967 bits per heavy atom. The summed E-state index contributed by atoms with van der Waals surface area (Å²) in [5.41, 5.74) is 0. The average molecular weight is 463 g/mol. The Hall–Kier alpha value is -1.02. The van der Waals surface area contributed by atoms with E-state index < -0.39 is 90.9 Å². The van der Waals surface area contributed by atoms with Gasteiger partial charge in [-0.05, 0) is 0 Å². The molecule has 10 atom stereocenters. The van der Waals surface area contributed by atoms with Gasteiger partial charge in [0.15, 0.2) is 12.6 Å². The van der Waals surface area contributed by atoms with Crippen molar-refractivity contribution < 1.29 is 66.8 Å². The van der Waals surface area contributed by atoms with E-state index in [2.05, 4.69) is 9.50 Å². The summed E-state index contributed by atoms with van der Waals surface area (Å²) in [6.07, 6.45) is -15.8. The van der Waals surface area contributed by atoms with Gasteiger partial charge < -0.3 is 50.2 Å². The minimum Gasteiger partial charge on any atom is -0.394 e. The molecule has 0 radical (unpaired) electrons. The molecule has 2 saturated heterocycles. The first-order valence-corrected chi connectivity index (χ1v) is 10.1. The first kappa shape index (κ1) is 25.2. The second kappa shape index (κ2) is 10.1. The van der Waals surface area contributed by atoms with Gasteiger partial charge in [0.05, 0.1) is 13.2 Å². The van der Waals surface area contributed by atoms with E-state index in [4.69, 9.17) is 18.8 Å². The zero-order chi connectivity index (χ0) is 22.8. The van der Waals surface area contributed by atoms with Crippen LogP contribution in [0.15, 0.2) is 0 Å². The van der Waals surface area contributed by atoms with Crippen molar-refractivity contribution in [3.05, 3.63) is 0 Å². The van der Waals surface area contributed by atoms with Crippen molar-refractivity contribution in [3.63, 3.8) is 0 Å². The van der Waals surface area contributed by atoms with E-state index in [-0.39, 0.29) is 0 Å². The second-order valence-electron chi connectivity index (χ2n) is 6.76. The predicted molar refractivity (Wildman–Crippen MR) is 90.6 cm³/mol. The molecule has 15 nitrogen and oxygen atoms in total. The van der Waals surface area contributed by atoms with Crippen LogP contribution in [0.25, 0.3) is 0 Å². The standard InChI is InChI=1S/C14H25NO14S/c1-4(18)15-7-11(8(19)5(2-16)26-13(7)22)28-14-10(21)12(29-30(23,24)25)9(20)6(3-17)27-14/h5-14,16-17,19-22H,2-3H2,1H3,(H,15,18)(H,23,24,25)/t5-,6-,7-,8-,9+,10-,11-,12+,13?,14+/m1/s1. The Morgan fingerprint density at radius 2 is 1.50 bits per heavy atom. The van der Waals surface area contributed by atoms with Crippen molar-refractivity contribution >= 4 is 16.3 Å². The van der Waals surface area contributed by atoms with E-state index in [0.29, 0.717) is 0 Å². The number of hydrogen-bond acceptors (Lipinski definition) is 13. The molecular formula is C14H25NO14S. The minimum atomic E-state index is -5.15. The molecule has 1 unspecified atom stereocenters. The van der Waals surface area contributed by atoms with E-state index in [1.54, 1.807) is 0 Å². The zero-order valence-electron chi connectivity index (χ0n) is 15.6. The largest absolute Gasteiger partial charge is 0.397 e. The molecule has 176 valence electrons. The summed E-state index contributed by atoms with van der Waals surface area (Å²) < 4.78 is 50.8. The van der Waals surface area contributed by atoms with Crippen molar-refractivity contribution in [3.8, 4) is 0 Å². The normalized spacial score (nSPS) is 42.7. The fourth-order valence-corrected chi connectivity index (χ4v) is 3.72. The molecule has 0 aliphatic carbocycles. The van der Waals surface area contributed by atoms with Crippen molar-refractivity contribution in [2.45, 2.75) is 68.3 Å². The lowest BCUT2D eigenvalue weighted by molar-refractivity contribution is -0.339. The molecule has 0 aromatic carbocycles. The number of nitrogens with one attached hydrogen (secondary N) is 1. The number of carbonyl (C=O) groups excluding carboxylic acids is 1. The van der Waals surface area contributed by atoms with Crippen LogP contribution >= 0.6 is 0 Å². The van der Waals surface area contributed by atoms with Crippen LogP contribution in [-0.4, -0.2) is 124 Å². The number of amides is 1. The Kier molecular flexibility index (Phi) is 8.47. The topological polar surface area (TPSA) is 242 Å². The zero-order valence-corrected chi connectivity index (χ0v) is 16.4. The molecule has 0 saturated carbocycles. The van der Waals surface area contributed by atoms with Gasteiger partial charge in [0, 0.05) is 6.92 Å². The minimum absolute atomic E-state index is 0.660. The Bertz CT molecular complexity index is 690. The maximum absolute atomic E-state index is 11.4. The molecule has 2 aliphatic heterocycles. The molecule has 2 aliphatic rings. The lowest BCUT2D eigenvalue weighted by atomic mass is 9.95. The van der Waals surface area contributed by atoms with Gasteiger partial charge in [-0.15, -0.1) is 0 Å². The van der Waals surface area contributed by atoms with Gasteiger partial charge in [-0.3, -0.25) is 9.35 Å². The first-order chi connectivity index (χ1) is 13.9. The predicted octanol–water partition coefficient (Wildman–Crippen LogP) is -5.43. The van der Waals surface area contributed by atoms with Gasteiger partial charge in [-0.2, -0.15) is 8.42 Å². The van der Waals surface area contributed by atoms with E-state index in [9.17, 15) is 43.9 Å². The number of ether oxygens (including phenoxy) is 3. The summed E-state index contributed by atoms with van der Waals surface area (Å²) >= 11 is 0. The molecule has 2 rings (SSSR count). The van der Waals surface area contributed by atoms with Crippen LogP contribution in [0.4, 0.5) is 0 Å². The maximum atomic E-state index is 11.4. The highest BCUT2D eigenvalue weighted by Crippen LogP contribution is 2.30. The van der Waals surface area contributed by atoms with Crippen LogP contribution in [0.3, 0.4) is 0 Å². The molecule has 0 spiro atoms. The fourth-order valence-electron chi connectivity index (χ4n) is 3.21. The monoisotopic (exact) mass is 463 g/mol. The van der Waals surface area contributed by atoms with Crippen molar-refractivity contribution in [1.82, 2.24) is 5.32 Å². The highest BCUT2D eigenvalue weighted by atomic mass is 32.3. The quantitative estimate of drug-likeness (QED) is 0.164. The van der Waals surface area contributed by atoms with Crippen LogP contribution < -0.4 is 5.32 Å². The Balaban J connectivity index is 2.30. The molecule has 8 N–H and O–H groups in total. The van der Waals surface area contributed by atoms with Gasteiger partial charge in [0.2, 0.25) is 5.91 Å². The highest BCUT2D eigenvalue weighted by Gasteiger charge is 2.52. The Morgan fingerprint density at radius 3 is 2.00 bits per heavy atom. The lowest BCUT2D eigenvalue weighted by Crippen LogP contribution is -2.67. The van der Waals surface area contributed by atoms with Crippen LogP contribution in [0.2, 0.25) is 0 Å². The third-order valence-electron chi connectivity index (χ3n) is 4.59. The summed E-state index contributed by atoms with van der Waals surface area (Å²) in [4.78, 5) is 11.4. The molecule has 1 amide bonds. The molecule has 2 heterocycles. The summed E-state index contributed by atoms with van der Waals surface area (Å²) in [6.45, 7) is -0.549. The van der Waals surface area contributed by atoms with E-state index in [1.165, 1.54) is 0 Å². The van der Waals surface area contributed by atoms with Crippen LogP contribution in [0.1, 0.15) is 6.92 Å². The van der Waals surface area contributed by atoms with E-state index in [1.807, 2.05) is 0 Å². The highest BCUT2D eigenvalue weighted by molar-refractivity contribution is 7.80. The van der Waals surface area contributed by atoms with Crippen molar-refractivity contribution in [1.29, 1.82) is 0 Å². The summed E-state index contributed by atoms with van der Waals surface area (Å²) in [6, 6.07) is -1.42. The number of aliphatic hydroxyl groups excluding tert-OH is 6. The van der Waals surface area contributed by atoms with Crippen LogP contribution in [-0.2, 0) is 33.6 Å². The number of aliphatic hydroxyl groups is 6. The summed E-state index contributed by atoms with van der Waals surface area (Å²) in [7, 11) is -5.15. The van der Waals surface area contributed by atoms with E-state index in [0.717, 1.165) is 6.92 Å². The smallest absolute Gasteiger partial charge is 0.394 e. The van der Waals surface area contributed by atoms with Crippen molar-refractivity contribution in [2.75, 3.05) is 13.2 Å². The van der Waals surface area contributed by atoms with E-state index >= 15 is 0 Å². The molecule has 16 heteroatoms. The summed E-state index contributed by atoms with van der Waals surface area (Å²) in [5, 5.41) is 61.8. The number of hydrogen-bond donors (Lipinski definition) is 8. The molecular weight excluding hydrogens is 438 g/mol. The van der Waals surface area contributed by atoms with Crippen LogP contribution in [0.5, 0.6) is 0 Å². The third kappa shape index (κ3) is 5.81. The van der Waals surface area contributed by atoms with Gasteiger partial charge in [0.1, 0.15) is 48.8 Å². The molecule has 0 aromatic heterocycles. The van der Waals surface area contributed by atoms with Gasteiger partial charge in [0.25, 0.3) is 0 Å². The first-order valence-electron chi connectivity index (χ1n) is 8.72. The third-order valence-corrected chi connectivity index (χ3v) is 5.05. The van der Waals surface area contributed by atoms with Crippen LogP contribution in [0, 0.1) is 0 Å². The van der Waals surface area contributed by atoms with Crippen molar-refractivity contribution in [2.24, 2.45) is 0 Å². The maximum Gasteiger partial charge on any atom is 0.397 e. The number of carbonyl (C=O) groups is 1. The Labute approximate surface area is 170 Å². The molecule has 0 aromatic rings.